The highest BCUT2D eigenvalue weighted by Crippen LogP contribution is 2.18. The summed E-state index contributed by atoms with van der Waals surface area (Å²) in [6.07, 6.45) is -0.995. The summed E-state index contributed by atoms with van der Waals surface area (Å²) in [7, 11) is -3.60. The number of hydrogen-bond donors (Lipinski definition) is 2. The summed E-state index contributed by atoms with van der Waals surface area (Å²) >= 11 is 1.25. The first-order valence-corrected chi connectivity index (χ1v) is 10.6. The fourth-order valence-electron chi connectivity index (χ4n) is 2.19. The van der Waals surface area contributed by atoms with Gasteiger partial charge in [-0.2, -0.15) is 0 Å². The van der Waals surface area contributed by atoms with Crippen molar-refractivity contribution in [1.82, 2.24) is 4.72 Å². The van der Waals surface area contributed by atoms with Crippen molar-refractivity contribution in [1.29, 1.82) is 0 Å². The second kappa shape index (κ2) is 8.64. The van der Waals surface area contributed by atoms with Crippen LogP contribution >= 0.6 is 11.3 Å². The standard InChI is InChI=1S/C18H22N2O5S2/c1-11(2)20-27(23,24)15-7-5-14(6-8-15)19-17(21)13(4)25-18(22)16-12(3)9-10-26-16/h5-11,13,20H,1-4H3,(H,19,21)/t13-/m0/s1. The summed E-state index contributed by atoms with van der Waals surface area (Å²) in [4.78, 5) is 24.8. The minimum atomic E-state index is -3.60. The Hall–Kier alpha value is -2.23. The normalized spacial score (nSPS) is 12.6. The van der Waals surface area contributed by atoms with Gasteiger partial charge >= 0.3 is 5.97 Å². The highest BCUT2D eigenvalue weighted by molar-refractivity contribution is 7.89. The highest BCUT2D eigenvalue weighted by atomic mass is 32.2. The molecule has 0 aliphatic carbocycles. The van der Waals surface area contributed by atoms with E-state index in [1.165, 1.54) is 42.5 Å². The molecule has 0 bridgehead atoms. The third kappa shape index (κ3) is 5.62. The Labute approximate surface area is 162 Å². The van der Waals surface area contributed by atoms with Crippen LogP contribution in [0.5, 0.6) is 0 Å². The van der Waals surface area contributed by atoms with E-state index in [0.29, 0.717) is 10.6 Å². The van der Waals surface area contributed by atoms with Crippen LogP contribution in [0.15, 0.2) is 40.6 Å². The number of sulfonamides is 1. The number of benzene rings is 1. The molecule has 9 heteroatoms. The first-order valence-electron chi connectivity index (χ1n) is 8.28. The van der Waals surface area contributed by atoms with E-state index in [0.717, 1.165) is 5.56 Å². The van der Waals surface area contributed by atoms with Gasteiger partial charge in [-0.15, -0.1) is 11.3 Å². The quantitative estimate of drug-likeness (QED) is 0.684. The molecule has 2 rings (SSSR count). The third-order valence-corrected chi connectivity index (χ3v) is 6.19. The van der Waals surface area contributed by atoms with Crippen molar-refractivity contribution in [2.45, 2.75) is 44.7 Å². The molecule has 1 aromatic carbocycles. The van der Waals surface area contributed by atoms with Gasteiger partial charge in [0.05, 0.1) is 4.90 Å². The maximum Gasteiger partial charge on any atom is 0.349 e. The molecule has 0 saturated carbocycles. The molecular weight excluding hydrogens is 388 g/mol. The van der Waals surface area contributed by atoms with E-state index in [9.17, 15) is 18.0 Å². The predicted octanol–water partition coefficient (Wildman–Crippen LogP) is 2.93. The predicted molar refractivity (Wildman–Crippen MR) is 104 cm³/mol. The molecule has 146 valence electrons. The summed E-state index contributed by atoms with van der Waals surface area (Å²) in [6.45, 7) is 6.72. The maximum absolute atomic E-state index is 12.2. The SMILES string of the molecule is Cc1ccsc1C(=O)O[C@@H](C)C(=O)Nc1ccc(S(=O)(=O)NC(C)C)cc1. The van der Waals surface area contributed by atoms with Crippen LogP contribution in [-0.4, -0.2) is 32.4 Å². The maximum atomic E-state index is 12.2. The Kier molecular flexibility index (Phi) is 6.74. The number of carbonyl (C=O) groups is 2. The molecule has 0 spiro atoms. The number of rotatable bonds is 7. The van der Waals surface area contributed by atoms with Crippen LogP contribution in [0.2, 0.25) is 0 Å². The minimum Gasteiger partial charge on any atom is -0.448 e. The molecule has 27 heavy (non-hydrogen) atoms. The van der Waals surface area contributed by atoms with E-state index in [-0.39, 0.29) is 10.9 Å². The third-order valence-electron chi connectivity index (χ3n) is 3.52. The average molecular weight is 411 g/mol. The topological polar surface area (TPSA) is 102 Å². The molecule has 1 aromatic heterocycles. The Bertz CT molecular complexity index is 917. The lowest BCUT2D eigenvalue weighted by molar-refractivity contribution is -0.123. The second-order valence-corrected chi connectivity index (χ2v) is 8.90. The fourth-order valence-corrected chi connectivity index (χ4v) is 4.25. The largest absolute Gasteiger partial charge is 0.448 e. The number of ether oxygens (including phenoxy) is 1. The molecule has 7 nitrogen and oxygen atoms in total. The number of amides is 1. The van der Waals surface area contributed by atoms with Gasteiger partial charge in [0.2, 0.25) is 10.0 Å². The van der Waals surface area contributed by atoms with E-state index in [1.807, 2.05) is 0 Å². The fraction of sp³-hybridized carbons (Fsp3) is 0.333. The summed E-state index contributed by atoms with van der Waals surface area (Å²) < 4.78 is 31.8. The Morgan fingerprint density at radius 3 is 2.22 bits per heavy atom. The summed E-state index contributed by atoms with van der Waals surface area (Å²) in [5.74, 6) is -1.06. The molecular formula is C18H22N2O5S2. The van der Waals surface area contributed by atoms with Crippen LogP contribution in [0.25, 0.3) is 0 Å². The summed E-state index contributed by atoms with van der Waals surface area (Å²) in [6, 6.07) is 7.32. The monoisotopic (exact) mass is 410 g/mol. The molecule has 0 saturated heterocycles. The lowest BCUT2D eigenvalue weighted by Crippen LogP contribution is -2.30. The summed E-state index contributed by atoms with van der Waals surface area (Å²) in [5, 5.41) is 4.38. The van der Waals surface area contributed by atoms with Crippen LogP contribution in [0.4, 0.5) is 5.69 Å². The number of esters is 1. The number of thiophene rings is 1. The van der Waals surface area contributed by atoms with Gasteiger partial charge < -0.3 is 10.1 Å². The van der Waals surface area contributed by atoms with Gasteiger partial charge in [0.15, 0.2) is 6.10 Å². The summed E-state index contributed by atoms with van der Waals surface area (Å²) in [5.41, 5.74) is 1.20. The molecule has 1 atom stereocenters. The van der Waals surface area contributed by atoms with Gasteiger partial charge in [-0.25, -0.2) is 17.9 Å². The van der Waals surface area contributed by atoms with Crippen molar-refractivity contribution in [3.8, 4) is 0 Å². The zero-order valence-electron chi connectivity index (χ0n) is 15.5. The van der Waals surface area contributed by atoms with Crippen molar-refractivity contribution in [3.05, 3.63) is 46.2 Å². The first-order chi connectivity index (χ1) is 12.6. The van der Waals surface area contributed by atoms with E-state index < -0.39 is 28.0 Å². The Morgan fingerprint density at radius 2 is 1.70 bits per heavy atom. The van der Waals surface area contributed by atoms with Gasteiger partial charge in [-0.3, -0.25) is 4.79 Å². The highest BCUT2D eigenvalue weighted by Gasteiger charge is 2.21. The average Bonchev–Trinajstić information content (AvgIpc) is 3.00. The van der Waals surface area contributed by atoms with Crippen molar-refractivity contribution in [3.63, 3.8) is 0 Å². The van der Waals surface area contributed by atoms with Gasteiger partial charge in [0.25, 0.3) is 5.91 Å². The van der Waals surface area contributed by atoms with Crippen molar-refractivity contribution < 1.29 is 22.7 Å². The van der Waals surface area contributed by atoms with Crippen LogP contribution < -0.4 is 10.0 Å². The molecule has 1 heterocycles. The lowest BCUT2D eigenvalue weighted by atomic mass is 10.3. The molecule has 0 aliphatic rings. The smallest absolute Gasteiger partial charge is 0.349 e. The Balaban J connectivity index is 1.99. The minimum absolute atomic E-state index is 0.0989. The number of nitrogens with one attached hydrogen (secondary N) is 2. The molecule has 2 aromatic rings. The Morgan fingerprint density at radius 1 is 1.07 bits per heavy atom. The van der Waals surface area contributed by atoms with E-state index in [4.69, 9.17) is 4.74 Å². The van der Waals surface area contributed by atoms with Gasteiger partial charge in [-0.1, -0.05) is 0 Å². The van der Waals surface area contributed by atoms with E-state index in [1.54, 1.807) is 32.2 Å². The number of hydrogen-bond acceptors (Lipinski definition) is 6. The van der Waals surface area contributed by atoms with Crippen molar-refractivity contribution in [2.24, 2.45) is 0 Å². The van der Waals surface area contributed by atoms with Crippen LogP contribution in [0, 0.1) is 6.92 Å². The van der Waals surface area contributed by atoms with Crippen LogP contribution in [0.1, 0.15) is 36.0 Å². The van der Waals surface area contributed by atoms with Crippen molar-refractivity contribution >= 4 is 38.9 Å². The lowest BCUT2D eigenvalue weighted by Gasteiger charge is -2.14. The first kappa shape index (κ1) is 21.1. The van der Waals surface area contributed by atoms with Crippen LogP contribution in [0.3, 0.4) is 0 Å². The molecule has 0 fully saturated rings. The number of anilines is 1. The van der Waals surface area contributed by atoms with Gasteiger partial charge in [0.1, 0.15) is 4.88 Å². The molecule has 0 unspecified atom stereocenters. The second-order valence-electron chi connectivity index (χ2n) is 6.27. The number of aryl methyl sites for hydroxylation is 1. The molecule has 1 amide bonds. The number of carbonyl (C=O) groups excluding carboxylic acids is 2. The van der Waals surface area contributed by atoms with E-state index in [2.05, 4.69) is 10.0 Å². The molecule has 0 radical (unpaired) electrons. The molecule has 0 aliphatic heterocycles. The zero-order valence-corrected chi connectivity index (χ0v) is 17.1. The van der Waals surface area contributed by atoms with Gasteiger partial charge in [0, 0.05) is 11.7 Å². The van der Waals surface area contributed by atoms with Crippen molar-refractivity contribution in [2.75, 3.05) is 5.32 Å². The molecule has 2 N–H and O–H groups in total. The zero-order chi connectivity index (χ0) is 20.2. The van der Waals surface area contributed by atoms with Gasteiger partial charge in [-0.05, 0) is 69.0 Å². The van der Waals surface area contributed by atoms with E-state index >= 15 is 0 Å². The van der Waals surface area contributed by atoms with Crippen LogP contribution in [-0.2, 0) is 19.6 Å².